The third-order valence-electron chi connectivity index (χ3n) is 3.35. The first kappa shape index (κ1) is 17.2. The van der Waals surface area contributed by atoms with Crippen LogP contribution in [0.25, 0.3) is 0 Å². The Morgan fingerprint density at radius 3 is 2.70 bits per heavy atom. The lowest BCUT2D eigenvalue weighted by Gasteiger charge is -2.21. The summed E-state index contributed by atoms with van der Waals surface area (Å²) < 4.78 is 11.1. The zero-order valence-electron chi connectivity index (χ0n) is 13.3. The maximum absolute atomic E-state index is 5.73. The van der Waals surface area contributed by atoms with Gasteiger partial charge in [0.15, 0.2) is 5.96 Å². The van der Waals surface area contributed by atoms with Gasteiger partial charge in [-0.2, -0.15) is 0 Å². The summed E-state index contributed by atoms with van der Waals surface area (Å²) in [6.07, 6.45) is 3.29. The van der Waals surface area contributed by atoms with Gasteiger partial charge in [0.1, 0.15) is 0 Å². The summed E-state index contributed by atoms with van der Waals surface area (Å²) >= 11 is 0. The van der Waals surface area contributed by atoms with Gasteiger partial charge in [-0.3, -0.25) is 4.99 Å². The maximum Gasteiger partial charge on any atom is 0.190 e. The number of guanidine groups is 1. The highest BCUT2D eigenvalue weighted by molar-refractivity contribution is 5.79. The van der Waals surface area contributed by atoms with Crippen molar-refractivity contribution in [3.63, 3.8) is 0 Å². The molecule has 2 N–H and O–H groups in total. The van der Waals surface area contributed by atoms with E-state index in [-0.39, 0.29) is 0 Å². The first-order valence-electron chi connectivity index (χ1n) is 7.82. The molecular formula is C15H31N3O2. The van der Waals surface area contributed by atoms with Gasteiger partial charge in [0, 0.05) is 46.6 Å². The van der Waals surface area contributed by atoms with Crippen LogP contribution in [0.15, 0.2) is 4.99 Å². The number of hydrogen-bond donors (Lipinski definition) is 2. The Kier molecular flexibility index (Phi) is 9.41. The van der Waals surface area contributed by atoms with Gasteiger partial charge < -0.3 is 20.1 Å². The number of rotatable bonds is 8. The molecule has 0 atom stereocenters. The molecule has 5 nitrogen and oxygen atoms in total. The van der Waals surface area contributed by atoms with E-state index in [2.05, 4.69) is 29.5 Å². The van der Waals surface area contributed by atoms with E-state index in [1.165, 1.54) is 0 Å². The molecule has 20 heavy (non-hydrogen) atoms. The van der Waals surface area contributed by atoms with E-state index >= 15 is 0 Å². The largest absolute Gasteiger partial charge is 0.381 e. The quantitative estimate of drug-likeness (QED) is 0.404. The molecule has 0 aromatic carbocycles. The average molecular weight is 285 g/mol. The summed E-state index contributed by atoms with van der Waals surface area (Å²) in [5.74, 6) is 2.19. The van der Waals surface area contributed by atoms with Crippen molar-refractivity contribution in [2.24, 2.45) is 16.8 Å². The standard InChI is InChI=1S/C15H31N3O2/c1-13(2)11-18-15(16-3)17-7-4-8-20-12-14-5-9-19-10-6-14/h13-14H,4-12H2,1-3H3,(H2,16,17,18). The first-order valence-corrected chi connectivity index (χ1v) is 7.82. The molecule has 0 aliphatic carbocycles. The maximum atomic E-state index is 5.73. The van der Waals surface area contributed by atoms with Crippen LogP contribution in [0.5, 0.6) is 0 Å². The molecular weight excluding hydrogens is 254 g/mol. The molecule has 1 heterocycles. The zero-order valence-corrected chi connectivity index (χ0v) is 13.3. The predicted octanol–water partition coefficient (Wildman–Crippen LogP) is 1.64. The Hall–Kier alpha value is -0.810. The molecule has 0 aromatic rings. The van der Waals surface area contributed by atoms with Crippen molar-refractivity contribution < 1.29 is 9.47 Å². The monoisotopic (exact) mass is 285 g/mol. The molecule has 1 aliphatic heterocycles. The van der Waals surface area contributed by atoms with Crippen LogP contribution in [0, 0.1) is 11.8 Å². The van der Waals surface area contributed by atoms with E-state index in [1.54, 1.807) is 7.05 Å². The molecule has 1 rings (SSSR count). The summed E-state index contributed by atoms with van der Waals surface area (Å²) in [4.78, 5) is 4.19. The van der Waals surface area contributed by atoms with Crippen LogP contribution >= 0.6 is 0 Å². The van der Waals surface area contributed by atoms with Crippen molar-refractivity contribution in [3.05, 3.63) is 0 Å². The number of nitrogens with one attached hydrogen (secondary N) is 2. The van der Waals surface area contributed by atoms with E-state index in [0.29, 0.717) is 11.8 Å². The van der Waals surface area contributed by atoms with Crippen molar-refractivity contribution in [2.75, 3.05) is 46.6 Å². The minimum absolute atomic E-state index is 0.622. The molecule has 0 bridgehead atoms. The number of aliphatic imine (C=N–C) groups is 1. The first-order chi connectivity index (χ1) is 9.72. The molecule has 5 heteroatoms. The molecule has 0 aromatic heterocycles. The van der Waals surface area contributed by atoms with E-state index < -0.39 is 0 Å². The van der Waals surface area contributed by atoms with E-state index in [0.717, 1.165) is 64.7 Å². The lowest BCUT2D eigenvalue weighted by Crippen LogP contribution is -2.39. The van der Waals surface area contributed by atoms with E-state index in [9.17, 15) is 0 Å². The van der Waals surface area contributed by atoms with Gasteiger partial charge in [-0.15, -0.1) is 0 Å². The third-order valence-corrected chi connectivity index (χ3v) is 3.35. The highest BCUT2D eigenvalue weighted by atomic mass is 16.5. The summed E-state index contributed by atoms with van der Waals surface area (Å²) in [5, 5.41) is 6.60. The van der Waals surface area contributed by atoms with Gasteiger partial charge in [0.25, 0.3) is 0 Å². The molecule has 0 saturated carbocycles. The Balaban J connectivity index is 1.95. The lowest BCUT2D eigenvalue weighted by atomic mass is 10.0. The Bertz CT molecular complexity index is 264. The average Bonchev–Trinajstić information content (AvgIpc) is 2.46. The van der Waals surface area contributed by atoms with Crippen molar-refractivity contribution in [1.29, 1.82) is 0 Å². The van der Waals surface area contributed by atoms with Crippen LogP contribution in [-0.2, 0) is 9.47 Å². The van der Waals surface area contributed by atoms with Crippen LogP contribution in [0.3, 0.4) is 0 Å². The summed E-state index contributed by atoms with van der Waals surface area (Å²) in [7, 11) is 1.80. The van der Waals surface area contributed by atoms with Gasteiger partial charge >= 0.3 is 0 Å². The molecule has 0 radical (unpaired) electrons. The molecule has 1 fully saturated rings. The molecule has 1 aliphatic rings. The van der Waals surface area contributed by atoms with Gasteiger partial charge in [-0.25, -0.2) is 0 Å². The van der Waals surface area contributed by atoms with Crippen LogP contribution in [-0.4, -0.2) is 52.5 Å². The normalized spacial score (nSPS) is 17.5. The Morgan fingerprint density at radius 2 is 2.05 bits per heavy atom. The predicted molar refractivity (Wildman–Crippen MR) is 83.2 cm³/mol. The minimum atomic E-state index is 0.622. The third kappa shape index (κ3) is 8.38. The van der Waals surface area contributed by atoms with Gasteiger partial charge in [0.05, 0.1) is 0 Å². The topological polar surface area (TPSA) is 54.9 Å². The molecule has 1 saturated heterocycles. The highest BCUT2D eigenvalue weighted by Crippen LogP contribution is 2.14. The summed E-state index contributed by atoms with van der Waals surface area (Å²) in [5.41, 5.74) is 0. The Labute approximate surface area is 123 Å². The zero-order chi connectivity index (χ0) is 14.6. The molecule has 0 amide bonds. The molecule has 118 valence electrons. The minimum Gasteiger partial charge on any atom is -0.381 e. The van der Waals surface area contributed by atoms with Crippen LogP contribution in [0.2, 0.25) is 0 Å². The summed E-state index contributed by atoms with van der Waals surface area (Å²) in [6.45, 7) is 9.69. The Morgan fingerprint density at radius 1 is 1.30 bits per heavy atom. The molecule has 0 spiro atoms. The second kappa shape index (κ2) is 10.9. The van der Waals surface area contributed by atoms with Crippen LogP contribution < -0.4 is 10.6 Å². The fourth-order valence-corrected chi connectivity index (χ4v) is 2.07. The fraction of sp³-hybridized carbons (Fsp3) is 0.933. The van der Waals surface area contributed by atoms with Crippen LogP contribution in [0.1, 0.15) is 33.1 Å². The van der Waals surface area contributed by atoms with Gasteiger partial charge in [-0.1, -0.05) is 13.8 Å². The smallest absolute Gasteiger partial charge is 0.190 e. The number of nitrogens with zero attached hydrogens (tertiary/aromatic N) is 1. The van der Waals surface area contributed by atoms with E-state index in [1.807, 2.05) is 0 Å². The van der Waals surface area contributed by atoms with E-state index in [4.69, 9.17) is 9.47 Å². The second-order valence-corrected chi connectivity index (χ2v) is 5.76. The van der Waals surface area contributed by atoms with Gasteiger partial charge in [0.2, 0.25) is 0 Å². The number of hydrogen-bond acceptors (Lipinski definition) is 3. The highest BCUT2D eigenvalue weighted by Gasteiger charge is 2.13. The van der Waals surface area contributed by atoms with Crippen molar-refractivity contribution in [1.82, 2.24) is 10.6 Å². The second-order valence-electron chi connectivity index (χ2n) is 5.76. The lowest BCUT2D eigenvalue weighted by molar-refractivity contribution is 0.0203. The van der Waals surface area contributed by atoms with Crippen molar-refractivity contribution >= 4 is 5.96 Å². The number of ether oxygens (including phenoxy) is 2. The van der Waals surface area contributed by atoms with Gasteiger partial charge in [-0.05, 0) is 31.1 Å². The van der Waals surface area contributed by atoms with Crippen molar-refractivity contribution in [2.45, 2.75) is 33.1 Å². The fourth-order valence-electron chi connectivity index (χ4n) is 2.07. The SMILES string of the molecule is CN=C(NCCCOCC1CCOCC1)NCC(C)C. The van der Waals surface area contributed by atoms with Crippen molar-refractivity contribution in [3.8, 4) is 0 Å². The van der Waals surface area contributed by atoms with Crippen LogP contribution in [0.4, 0.5) is 0 Å². The summed E-state index contributed by atoms with van der Waals surface area (Å²) in [6, 6.07) is 0. The molecule has 0 unspecified atom stereocenters.